The number of nitrogens with zero attached hydrogens (tertiary/aromatic N) is 3. The third-order valence-electron chi connectivity index (χ3n) is 4.50. The summed E-state index contributed by atoms with van der Waals surface area (Å²) in [7, 11) is 1.80. The maximum Gasteiger partial charge on any atom is 0.331 e. The van der Waals surface area contributed by atoms with Crippen molar-refractivity contribution in [1.29, 1.82) is 0 Å². The van der Waals surface area contributed by atoms with E-state index >= 15 is 0 Å². The number of aromatic nitrogens is 2. The molecule has 1 aromatic carbocycles. The van der Waals surface area contributed by atoms with Crippen LogP contribution in [-0.4, -0.2) is 38.2 Å². The van der Waals surface area contributed by atoms with Crippen LogP contribution in [0.1, 0.15) is 53.1 Å². The van der Waals surface area contributed by atoms with Gasteiger partial charge in [-0.1, -0.05) is 38.1 Å². The number of amides is 1. The summed E-state index contributed by atoms with van der Waals surface area (Å²) in [6, 6.07) is 8.19. The fraction of sp³-hybridized carbons (Fsp3) is 0.389. The van der Waals surface area contributed by atoms with Gasteiger partial charge in [0.1, 0.15) is 0 Å². The summed E-state index contributed by atoms with van der Waals surface area (Å²) < 4.78 is 1.69. The molecule has 2 heterocycles. The van der Waals surface area contributed by atoms with Crippen molar-refractivity contribution in [3.05, 3.63) is 52.8 Å². The first-order valence-electron chi connectivity index (χ1n) is 8.05. The monoisotopic (exact) mass is 327 g/mol. The second-order valence-electron chi connectivity index (χ2n) is 6.42. The van der Waals surface area contributed by atoms with Crippen LogP contribution in [0.5, 0.6) is 0 Å². The van der Waals surface area contributed by atoms with Crippen molar-refractivity contribution >= 4 is 11.9 Å². The standard InChI is InChI=1S/C18H21N3O3/c1-11(2)15-10-14(19-20(15)3)17(22)21-9-8-12-6-4-5-7-13(12)16(21)18(23)24/h4-7,10-11,16H,8-9H2,1-3H3,(H,23,24)/t16-/m0/s1. The number of carboxylic acids is 1. The Labute approximate surface area is 140 Å². The Morgan fingerprint density at radius 1 is 1.29 bits per heavy atom. The number of aryl methyl sites for hydroxylation is 1. The predicted octanol–water partition coefficient (Wildman–Crippen LogP) is 2.37. The maximum atomic E-state index is 12.9. The molecule has 1 aromatic heterocycles. The quantitative estimate of drug-likeness (QED) is 0.939. The molecular formula is C18H21N3O3. The summed E-state index contributed by atoms with van der Waals surface area (Å²) in [4.78, 5) is 26.1. The molecule has 6 nitrogen and oxygen atoms in total. The number of benzene rings is 1. The number of rotatable bonds is 3. The van der Waals surface area contributed by atoms with Gasteiger partial charge < -0.3 is 10.0 Å². The van der Waals surface area contributed by atoms with Gasteiger partial charge in [0.2, 0.25) is 0 Å². The normalized spacial score (nSPS) is 17.0. The number of carbonyl (C=O) groups is 2. The van der Waals surface area contributed by atoms with E-state index in [1.807, 2.05) is 26.0 Å². The Morgan fingerprint density at radius 3 is 2.62 bits per heavy atom. The highest BCUT2D eigenvalue weighted by molar-refractivity contribution is 5.95. The predicted molar refractivity (Wildman–Crippen MR) is 88.9 cm³/mol. The molecule has 126 valence electrons. The van der Waals surface area contributed by atoms with Crippen molar-refractivity contribution in [2.24, 2.45) is 7.05 Å². The number of fused-ring (bicyclic) bond motifs is 1. The van der Waals surface area contributed by atoms with Gasteiger partial charge in [0.05, 0.1) is 0 Å². The molecule has 0 unspecified atom stereocenters. The van der Waals surface area contributed by atoms with E-state index in [2.05, 4.69) is 5.10 Å². The second-order valence-corrected chi connectivity index (χ2v) is 6.42. The molecule has 0 fully saturated rings. The molecule has 0 bridgehead atoms. The molecule has 1 aliphatic heterocycles. The van der Waals surface area contributed by atoms with Crippen LogP contribution >= 0.6 is 0 Å². The van der Waals surface area contributed by atoms with E-state index in [9.17, 15) is 14.7 Å². The van der Waals surface area contributed by atoms with Gasteiger partial charge in [-0.05, 0) is 29.5 Å². The van der Waals surface area contributed by atoms with Crippen LogP contribution in [0.15, 0.2) is 30.3 Å². The third kappa shape index (κ3) is 2.68. The largest absolute Gasteiger partial charge is 0.479 e. The Bertz CT molecular complexity index is 795. The van der Waals surface area contributed by atoms with Crippen LogP contribution in [0.4, 0.5) is 0 Å². The average Bonchev–Trinajstić information content (AvgIpc) is 2.95. The van der Waals surface area contributed by atoms with Crippen LogP contribution < -0.4 is 0 Å². The molecule has 6 heteroatoms. The van der Waals surface area contributed by atoms with Crippen LogP contribution in [0.2, 0.25) is 0 Å². The second kappa shape index (κ2) is 6.11. The molecule has 1 N–H and O–H groups in total. The fourth-order valence-electron chi connectivity index (χ4n) is 3.33. The zero-order chi connectivity index (χ0) is 17.4. The van der Waals surface area contributed by atoms with Gasteiger partial charge in [0.25, 0.3) is 5.91 Å². The minimum absolute atomic E-state index is 0.237. The molecule has 0 radical (unpaired) electrons. The van der Waals surface area contributed by atoms with E-state index in [-0.39, 0.29) is 11.8 Å². The highest BCUT2D eigenvalue weighted by Gasteiger charge is 2.37. The Kier molecular flexibility index (Phi) is 4.13. The van der Waals surface area contributed by atoms with Crippen LogP contribution in [0.3, 0.4) is 0 Å². The molecule has 0 spiro atoms. The van der Waals surface area contributed by atoms with Gasteiger partial charge in [-0.25, -0.2) is 4.79 Å². The lowest BCUT2D eigenvalue weighted by atomic mass is 9.92. The summed E-state index contributed by atoms with van der Waals surface area (Å²) in [5.41, 5.74) is 2.91. The number of hydrogen-bond donors (Lipinski definition) is 1. The topological polar surface area (TPSA) is 75.4 Å². The molecule has 0 saturated carbocycles. The van der Waals surface area contributed by atoms with Crippen molar-refractivity contribution in [3.8, 4) is 0 Å². The lowest BCUT2D eigenvalue weighted by molar-refractivity contribution is -0.143. The Morgan fingerprint density at radius 2 is 2.00 bits per heavy atom. The number of carboxylic acid groups (broad SMARTS) is 1. The summed E-state index contributed by atoms with van der Waals surface area (Å²) in [5, 5.41) is 14.0. The highest BCUT2D eigenvalue weighted by atomic mass is 16.4. The molecule has 1 amide bonds. The molecule has 1 atom stereocenters. The van der Waals surface area contributed by atoms with E-state index in [0.29, 0.717) is 24.2 Å². The molecule has 24 heavy (non-hydrogen) atoms. The fourth-order valence-corrected chi connectivity index (χ4v) is 3.33. The first kappa shape index (κ1) is 16.2. The van der Waals surface area contributed by atoms with Gasteiger partial charge in [-0.2, -0.15) is 5.10 Å². The number of carbonyl (C=O) groups excluding carboxylic acids is 1. The minimum atomic E-state index is -1.02. The summed E-state index contributed by atoms with van der Waals surface area (Å²) in [6.45, 7) is 4.44. The smallest absolute Gasteiger partial charge is 0.331 e. The van der Waals surface area contributed by atoms with Gasteiger partial charge in [-0.15, -0.1) is 0 Å². The maximum absolute atomic E-state index is 12.9. The molecular weight excluding hydrogens is 306 g/mol. The first-order chi connectivity index (χ1) is 11.4. The molecule has 2 aromatic rings. The van der Waals surface area contributed by atoms with Gasteiger partial charge >= 0.3 is 5.97 Å². The first-order valence-corrected chi connectivity index (χ1v) is 8.05. The van der Waals surface area contributed by atoms with E-state index < -0.39 is 12.0 Å². The molecule has 3 rings (SSSR count). The molecule has 0 aliphatic carbocycles. The number of hydrogen-bond acceptors (Lipinski definition) is 3. The highest BCUT2D eigenvalue weighted by Crippen LogP contribution is 2.31. The molecule has 0 saturated heterocycles. The Balaban J connectivity index is 1.98. The van der Waals surface area contributed by atoms with Gasteiger partial charge in [0.15, 0.2) is 11.7 Å². The van der Waals surface area contributed by atoms with Crippen molar-refractivity contribution < 1.29 is 14.7 Å². The zero-order valence-electron chi connectivity index (χ0n) is 14.1. The lowest BCUT2D eigenvalue weighted by Crippen LogP contribution is -2.43. The summed E-state index contributed by atoms with van der Waals surface area (Å²) in [5.74, 6) is -1.11. The minimum Gasteiger partial charge on any atom is -0.479 e. The van der Waals surface area contributed by atoms with Crippen molar-refractivity contribution in [1.82, 2.24) is 14.7 Å². The van der Waals surface area contributed by atoms with Crippen LogP contribution in [0.25, 0.3) is 0 Å². The van der Waals surface area contributed by atoms with E-state index in [0.717, 1.165) is 11.3 Å². The van der Waals surface area contributed by atoms with Crippen LogP contribution in [-0.2, 0) is 18.3 Å². The van der Waals surface area contributed by atoms with Crippen molar-refractivity contribution in [3.63, 3.8) is 0 Å². The van der Waals surface area contributed by atoms with Gasteiger partial charge in [-0.3, -0.25) is 9.48 Å². The summed E-state index contributed by atoms with van der Waals surface area (Å²) >= 11 is 0. The van der Waals surface area contributed by atoms with Crippen molar-refractivity contribution in [2.75, 3.05) is 6.54 Å². The van der Waals surface area contributed by atoms with E-state index in [4.69, 9.17) is 0 Å². The number of aliphatic carboxylic acids is 1. The third-order valence-corrected chi connectivity index (χ3v) is 4.50. The average molecular weight is 327 g/mol. The molecule has 1 aliphatic rings. The van der Waals surface area contributed by atoms with E-state index in [1.165, 1.54) is 4.90 Å². The van der Waals surface area contributed by atoms with E-state index in [1.54, 1.807) is 29.9 Å². The lowest BCUT2D eigenvalue weighted by Gasteiger charge is -2.34. The SMILES string of the molecule is CC(C)c1cc(C(=O)N2CCc3ccccc3[C@H]2C(=O)O)nn1C. The van der Waals surface area contributed by atoms with Gasteiger partial charge in [0, 0.05) is 19.3 Å². The Hall–Kier alpha value is -2.63. The van der Waals surface area contributed by atoms with Crippen molar-refractivity contribution in [2.45, 2.75) is 32.2 Å². The summed E-state index contributed by atoms with van der Waals surface area (Å²) in [6.07, 6.45) is 0.648. The zero-order valence-corrected chi connectivity index (χ0v) is 14.1. The van der Waals surface area contributed by atoms with Crippen LogP contribution in [0, 0.1) is 0 Å².